The molecule has 0 saturated carbocycles. The number of benzene rings is 1. The molecule has 5 nitrogen and oxygen atoms in total. The van der Waals surface area contributed by atoms with Gasteiger partial charge in [-0.1, -0.05) is 17.7 Å². The smallest absolute Gasteiger partial charge is 0.257 e. The molecular weight excluding hydrogens is 314 g/mol. The van der Waals surface area contributed by atoms with Crippen LogP contribution in [0.1, 0.15) is 5.69 Å². The zero-order valence-corrected chi connectivity index (χ0v) is 13.2. The van der Waals surface area contributed by atoms with Gasteiger partial charge in [0.25, 0.3) is 5.91 Å². The van der Waals surface area contributed by atoms with Gasteiger partial charge in [-0.3, -0.25) is 4.79 Å². The Hall–Kier alpha value is -2.53. The molecule has 0 radical (unpaired) electrons. The van der Waals surface area contributed by atoms with Crippen LogP contribution >= 0.6 is 11.6 Å². The van der Waals surface area contributed by atoms with E-state index in [4.69, 9.17) is 16.3 Å². The minimum absolute atomic E-state index is 0.0210. The lowest BCUT2D eigenvalue weighted by molar-refractivity contribution is -0.123. The fourth-order valence-electron chi connectivity index (χ4n) is 2.17. The summed E-state index contributed by atoms with van der Waals surface area (Å²) in [7, 11) is 0. The maximum absolute atomic E-state index is 11.8. The molecule has 0 fully saturated rings. The Bertz CT molecular complexity index is 766. The molecule has 3 rings (SSSR count). The molecule has 0 saturated heterocycles. The van der Waals surface area contributed by atoms with Crippen molar-refractivity contribution in [2.75, 3.05) is 13.2 Å². The quantitative estimate of drug-likeness (QED) is 0.756. The summed E-state index contributed by atoms with van der Waals surface area (Å²) < 4.78 is 7.34. The van der Waals surface area contributed by atoms with Gasteiger partial charge in [0, 0.05) is 30.4 Å². The number of ether oxygens (including phenoxy) is 1. The molecule has 118 valence electrons. The van der Waals surface area contributed by atoms with Crippen LogP contribution < -0.4 is 10.1 Å². The van der Waals surface area contributed by atoms with Gasteiger partial charge in [0.05, 0.1) is 5.69 Å². The first-order chi connectivity index (χ1) is 11.2. The largest absolute Gasteiger partial charge is 0.484 e. The predicted octanol–water partition coefficient (Wildman–Crippen LogP) is 2.73. The molecule has 0 aliphatic rings. The molecule has 2 heterocycles. The third-order valence-corrected chi connectivity index (χ3v) is 3.55. The summed E-state index contributed by atoms with van der Waals surface area (Å²) >= 11 is 5.79. The normalized spacial score (nSPS) is 10.7. The van der Waals surface area contributed by atoms with E-state index in [0.29, 0.717) is 23.7 Å². The molecule has 1 amide bonds. The second-order valence-electron chi connectivity index (χ2n) is 5.04. The minimum Gasteiger partial charge on any atom is -0.484 e. The van der Waals surface area contributed by atoms with E-state index in [-0.39, 0.29) is 12.5 Å². The van der Waals surface area contributed by atoms with Crippen LogP contribution in [0.25, 0.3) is 5.65 Å². The van der Waals surface area contributed by atoms with E-state index < -0.39 is 0 Å². The van der Waals surface area contributed by atoms with Gasteiger partial charge in [-0.05, 0) is 36.4 Å². The number of hydrogen-bond acceptors (Lipinski definition) is 3. The van der Waals surface area contributed by atoms with Crippen molar-refractivity contribution in [3.05, 3.63) is 65.6 Å². The topological polar surface area (TPSA) is 55.6 Å². The van der Waals surface area contributed by atoms with E-state index in [1.807, 2.05) is 35.0 Å². The summed E-state index contributed by atoms with van der Waals surface area (Å²) in [5, 5.41) is 3.45. The van der Waals surface area contributed by atoms with Gasteiger partial charge in [-0.15, -0.1) is 0 Å². The van der Waals surface area contributed by atoms with Crippen LogP contribution in [0.3, 0.4) is 0 Å². The van der Waals surface area contributed by atoms with Gasteiger partial charge in [-0.2, -0.15) is 0 Å². The van der Waals surface area contributed by atoms with Crippen LogP contribution in [-0.2, 0) is 11.2 Å². The van der Waals surface area contributed by atoms with E-state index in [0.717, 1.165) is 11.3 Å². The first-order valence-corrected chi connectivity index (χ1v) is 7.66. The summed E-state index contributed by atoms with van der Waals surface area (Å²) in [5.74, 6) is 0.452. The third kappa shape index (κ3) is 4.23. The predicted molar refractivity (Wildman–Crippen MR) is 88.9 cm³/mol. The number of halogens is 1. The molecule has 0 unspecified atom stereocenters. The van der Waals surface area contributed by atoms with E-state index in [2.05, 4.69) is 10.3 Å². The average Bonchev–Trinajstić information content (AvgIpc) is 2.97. The van der Waals surface area contributed by atoms with Gasteiger partial charge in [-0.25, -0.2) is 4.98 Å². The van der Waals surface area contributed by atoms with Crippen LogP contribution in [0, 0.1) is 0 Å². The van der Waals surface area contributed by atoms with E-state index in [1.54, 1.807) is 24.3 Å². The molecule has 23 heavy (non-hydrogen) atoms. The average molecular weight is 330 g/mol. The number of hydrogen-bond donors (Lipinski definition) is 1. The van der Waals surface area contributed by atoms with Crippen LogP contribution in [0.4, 0.5) is 0 Å². The molecule has 2 aromatic heterocycles. The van der Waals surface area contributed by atoms with E-state index in [9.17, 15) is 4.79 Å². The van der Waals surface area contributed by atoms with Crippen LogP contribution in [-0.4, -0.2) is 28.4 Å². The molecule has 0 spiro atoms. The SMILES string of the molecule is O=C(COc1ccc(Cl)cc1)NCCc1cn2ccccc2n1. The molecule has 3 aromatic rings. The Kier molecular flexibility index (Phi) is 4.78. The lowest BCUT2D eigenvalue weighted by Gasteiger charge is -2.06. The van der Waals surface area contributed by atoms with Crippen molar-refractivity contribution in [3.63, 3.8) is 0 Å². The first-order valence-electron chi connectivity index (χ1n) is 7.28. The maximum atomic E-state index is 11.8. The fourth-order valence-corrected chi connectivity index (χ4v) is 2.29. The standard InChI is InChI=1S/C17H16ClN3O2/c18-13-4-6-15(7-5-13)23-12-17(22)19-9-8-14-11-21-10-2-1-3-16(21)20-14/h1-7,10-11H,8-9,12H2,(H,19,22). The zero-order valence-electron chi connectivity index (χ0n) is 12.4. The summed E-state index contributed by atoms with van der Waals surface area (Å²) in [5.41, 5.74) is 1.84. The highest BCUT2D eigenvalue weighted by atomic mass is 35.5. The molecule has 0 aliphatic carbocycles. The second-order valence-corrected chi connectivity index (χ2v) is 5.48. The zero-order chi connectivity index (χ0) is 16.1. The number of rotatable bonds is 6. The van der Waals surface area contributed by atoms with Gasteiger partial charge < -0.3 is 14.5 Å². The van der Waals surface area contributed by atoms with Gasteiger partial charge in [0.1, 0.15) is 11.4 Å². The fraction of sp³-hybridized carbons (Fsp3) is 0.176. The minimum atomic E-state index is -0.163. The number of pyridine rings is 1. The number of nitrogens with zero attached hydrogens (tertiary/aromatic N) is 2. The van der Waals surface area contributed by atoms with Crippen molar-refractivity contribution in [3.8, 4) is 5.75 Å². The van der Waals surface area contributed by atoms with Gasteiger partial charge in [0.2, 0.25) is 0 Å². The number of fused-ring (bicyclic) bond motifs is 1. The van der Waals surface area contributed by atoms with E-state index in [1.165, 1.54) is 0 Å². The summed E-state index contributed by atoms with van der Waals surface area (Å²) in [6, 6.07) is 12.7. The molecule has 0 aliphatic heterocycles. The van der Waals surface area contributed by atoms with Crippen LogP contribution in [0.5, 0.6) is 5.75 Å². The summed E-state index contributed by atoms with van der Waals surface area (Å²) in [4.78, 5) is 16.2. The number of amides is 1. The Labute approximate surface area is 138 Å². The number of carbonyl (C=O) groups is 1. The summed E-state index contributed by atoms with van der Waals surface area (Å²) in [6.45, 7) is 0.499. The number of aromatic nitrogens is 2. The van der Waals surface area contributed by atoms with Crippen molar-refractivity contribution in [1.82, 2.24) is 14.7 Å². The monoisotopic (exact) mass is 329 g/mol. The number of nitrogens with one attached hydrogen (secondary N) is 1. The first kappa shape index (κ1) is 15.4. The molecule has 0 bridgehead atoms. The van der Waals surface area contributed by atoms with Crippen LogP contribution in [0.2, 0.25) is 5.02 Å². The number of carbonyl (C=O) groups excluding carboxylic acids is 1. The molecule has 0 atom stereocenters. The lowest BCUT2D eigenvalue weighted by atomic mass is 10.3. The maximum Gasteiger partial charge on any atom is 0.257 e. The van der Waals surface area contributed by atoms with Crippen molar-refractivity contribution in [2.24, 2.45) is 0 Å². The third-order valence-electron chi connectivity index (χ3n) is 3.30. The van der Waals surface area contributed by atoms with Crippen molar-refractivity contribution in [1.29, 1.82) is 0 Å². The highest BCUT2D eigenvalue weighted by Crippen LogP contribution is 2.15. The van der Waals surface area contributed by atoms with Crippen molar-refractivity contribution < 1.29 is 9.53 Å². The Morgan fingerprint density at radius 2 is 2.04 bits per heavy atom. The highest BCUT2D eigenvalue weighted by Gasteiger charge is 2.04. The Morgan fingerprint density at radius 3 is 2.83 bits per heavy atom. The number of imidazole rings is 1. The molecule has 1 aromatic carbocycles. The Balaban J connectivity index is 1.43. The van der Waals surface area contributed by atoms with Crippen LogP contribution in [0.15, 0.2) is 54.9 Å². The van der Waals surface area contributed by atoms with Crippen molar-refractivity contribution in [2.45, 2.75) is 6.42 Å². The molecule has 1 N–H and O–H groups in total. The second kappa shape index (κ2) is 7.15. The van der Waals surface area contributed by atoms with E-state index >= 15 is 0 Å². The highest BCUT2D eigenvalue weighted by molar-refractivity contribution is 6.30. The van der Waals surface area contributed by atoms with Crippen molar-refractivity contribution >= 4 is 23.2 Å². The Morgan fingerprint density at radius 1 is 1.22 bits per heavy atom. The molecule has 6 heteroatoms. The molecular formula is C17H16ClN3O2. The summed E-state index contributed by atoms with van der Waals surface area (Å²) in [6.07, 6.45) is 4.59. The van der Waals surface area contributed by atoms with Gasteiger partial charge in [0.15, 0.2) is 6.61 Å². The lowest BCUT2D eigenvalue weighted by Crippen LogP contribution is -2.30. The van der Waals surface area contributed by atoms with Gasteiger partial charge >= 0.3 is 0 Å².